The van der Waals surface area contributed by atoms with Gasteiger partial charge < -0.3 is 15.4 Å². The average molecular weight is 311 g/mol. The monoisotopic (exact) mass is 310 g/mol. The van der Waals surface area contributed by atoms with E-state index in [1.807, 2.05) is 43.4 Å². The fourth-order valence-electron chi connectivity index (χ4n) is 1.94. The summed E-state index contributed by atoms with van der Waals surface area (Å²) in [5.41, 5.74) is 8.20. The zero-order valence-electron chi connectivity index (χ0n) is 11.4. The lowest BCUT2D eigenvalue weighted by Gasteiger charge is -2.20. The van der Waals surface area contributed by atoms with Gasteiger partial charge in [-0.3, -0.25) is 0 Å². The normalized spacial score (nSPS) is 10.4. The number of halogens is 2. The van der Waals surface area contributed by atoms with Crippen molar-refractivity contribution >= 4 is 34.6 Å². The van der Waals surface area contributed by atoms with Gasteiger partial charge in [-0.05, 0) is 29.8 Å². The van der Waals surface area contributed by atoms with Crippen molar-refractivity contribution < 1.29 is 4.74 Å². The van der Waals surface area contributed by atoms with Crippen molar-refractivity contribution in [1.82, 2.24) is 0 Å². The molecule has 5 heteroatoms. The number of rotatable bonds is 4. The molecule has 0 saturated heterocycles. The molecule has 2 rings (SSSR count). The standard InChI is InChI=1S/C15H16Cl2N2O/c1-19(11-4-3-5-12(8-11)20-2)9-10-6-13(16)15(18)14(17)7-10/h3-8H,9,18H2,1-2H3. The predicted molar refractivity (Wildman–Crippen MR) is 86.0 cm³/mol. The molecule has 20 heavy (non-hydrogen) atoms. The Kier molecular flexibility index (Phi) is 4.63. The van der Waals surface area contributed by atoms with E-state index in [-0.39, 0.29) is 0 Å². The van der Waals surface area contributed by atoms with E-state index in [9.17, 15) is 0 Å². The minimum atomic E-state index is 0.418. The Balaban J connectivity index is 2.20. The number of nitrogens with two attached hydrogens (primary N) is 1. The molecular formula is C15H16Cl2N2O. The summed E-state index contributed by atoms with van der Waals surface area (Å²) in [4.78, 5) is 2.08. The second-order valence-electron chi connectivity index (χ2n) is 4.53. The summed E-state index contributed by atoms with van der Waals surface area (Å²) >= 11 is 12.1. The van der Waals surface area contributed by atoms with Gasteiger partial charge in [-0.15, -0.1) is 0 Å². The first-order chi connectivity index (χ1) is 9.51. The molecule has 0 heterocycles. The van der Waals surface area contributed by atoms with Crippen LogP contribution in [-0.2, 0) is 6.54 Å². The molecule has 0 unspecified atom stereocenters. The summed E-state index contributed by atoms with van der Waals surface area (Å²) in [6.07, 6.45) is 0. The number of methoxy groups -OCH3 is 1. The zero-order chi connectivity index (χ0) is 14.7. The third kappa shape index (κ3) is 3.30. The highest BCUT2D eigenvalue weighted by Gasteiger charge is 2.08. The molecule has 0 radical (unpaired) electrons. The molecule has 0 bridgehead atoms. The minimum Gasteiger partial charge on any atom is -0.497 e. The van der Waals surface area contributed by atoms with Gasteiger partial charge in [0.2, 0.25) is 0 Å². The van der Waals surface area contributed by atoms with E-state index in [1.54, 1.807) is 7.11 Å². The van der Waals surface area contributed by atoms with Gasteiger partial charge in [0, 0.05) is 25.3 Å². The van der Waals surface area contributed by atoms with Crippen molar-refractivity contribution in [2.75, 3.05) is 24.8 Å². The Morgan fingerprint density at radius 1 is 1.15 bits per heavy atom. The Labute approximate surface area is 128 Å². The second-order valence-corrected chi connectivity index (χ2v) is 5.35. The van der Waals surface area contributed by atoms with E-state index in [0.29, 0.717) is 22.3 Å². The van der Waals surface area contributed by atoms with Crippen LogP contribution in [0, 0.1) is 0 Å². The predicted octanol–water partition coefficient (Wildman–Crippen LogP) is 4.22. The molecule has 106 valence electrons. The number of benzene rings is 2. The number of hydrogen-bond acceptors (Lipinski definition) is 3. The van der Waals surface area contributed by atoms with Gasteiger partial charge in [0.15, 0.2) is 0 Å². The highest BCUT2D eigenvalue weighted by molar-refractivity contribution is 6.38. The molecule has 0 amide bonds. The Bertz CT molecular complexity index is 594. The maximum Gasteiger partial charge on any atom is 0.120 e. The molecule has 2 aromatic carbocycles. The van der Waals surface area contributed by atoms with Gasteiger partial charge in [-0.2, -0.15) is 0 Å². The molecule has 0 fully saturated rings. The smallest absolute Gasteiger partial charge is 0.120 e. The van der Waals surface area contributed by atoms with Crippen LogP contribution in [0.15, 0.2) is 36.4 Å². The number of nitrogen functional groups attached to an aromatic ring is 1. The lowest BCUT2D eigenvalue weighted by molar-refractivity contribution is 0.415. The molecule has 2 aromatic rings. The first-order valence-electron chi connectivity index (χ1n) is 6.10. The molecular weight excluding hydrogens is 295 g/mol. The fraction of sp³-hybridized carbons (Fsp3) is 0.200. The van der Waals surface area contributed by atoms with Gasteiger partial charge >= 0.3 is 0 Å². The van der Waals surface area contributed by atoms with Crippen molar-refractivity contribution in [2.45, 2.75) is 6.54 Å². The summed E-state index contributed by atoms with van der Waals surface area (Å²) in [7, 11) is 3.64. The number of hydrogen-bond donors (Lipinski definition) is 1. The van der Waals surface area contributed by atoms with Crippen molar-refractivity contribution in [1.29, 1.82) is 0 Å². The number of anilines is 2. The van der Waals surface area contributed by atoms with Gasteiger partial charge in [0.05, 0.1) is 22.8 Å². The molecule has 0 aliphatic heterocycles. The lowest BCUT2D eigenvalue weighted by atomic mass is 10.2. The average Bonchev–Trinajstić information content (AvgIpc) is 2.44. The Morgan fingerprint density at radius 2 is 1.80 bits per heavy atom. The van der Waals surface area contributed by atoms with E-state index in [2.05, 4.69) is 4.90 Å². The number of nitrogens with zero attached hydrogens (tertiary/aromatic N) is 1. The van der Waals surface area contributed by atoms with E-state index < -0.39 is 0 Å². The summed E-state index contributed by atoms with van der Waals surface area (Å²) in [6.45, 7) is 0.673. The Hall–Kier alpha value is -1.58. The first-order valence-corrected chi connectivity index (χ1v) is 6.85. The van der Waals surface area contributed by atoms with Crippen molar-refractivity contribution in [3.63, 3.8) is 0 Å². The van der Waals surface area contributed by atoms with Crippen LogP contribution in [0.5, 0.6) is 5.75 Å². The van der Waals surface area contributed by atoms with Crippen LogP contribution in [0.2, 0.25) is 10.0 Å². The third-order valence-corrected chi connectivity index (χ3v) is 3.68. The molecule has 2 N–H and O–H groups in total. The summed E-state index contributed by atoms with van der Waals surface area (Å²) in [5, 5.41) is 0.957. The lowest BCUT2D eigenvalue weighted by Crippen LogP contribution is -2.16. The van der Waals surface area contributed by atoms with Gasteiger partial charge in [0.1, 0.15) is 5.75 Å². The first kappa shape index (κ1) is 14.8. The van der Waals surface area contributed by atoms with Crippen LogP contribution in [-0.4, -0.2) is 14.2 Å². The van der Waals surface area contributed by atoms with Crippen LogP contribution < -0.4 is 15.4 Å². The van der Waals surface area contributed by atoms with E-state index in [1.165, 1.54) is 0 Å². The van der Waals surface area contributed by atoms with Crippen LogP contribution in [0.4, 0.5) is 11.4 Å². The molecule has 0 aliphatic carbocycles. The molecule has 0 atom stereocenters. The summed E-state index contributed by atoms with van der Waals surface area (Å²) in [6, 6.07) is 11.5. The van der Waals surface area contributed by atoms with Crippen LogP contribution >= 0.6 is 23.2 Å². The Morgan fingerprint density at radius 3 is 2.40 bits per heavy atom. The van der Waals surface area contributed by atoms with Crippen molar-refractivity contribution in [2.24, 2.45) is 0 Å². The summed E-state index contributed by atoms with van der Waals surface area (Å²) in [5.74, 6) is 0.822. The van der Waals surface area contributed by atoms with Crippen molar-refractivity contribution in [3.8, 4) is 5.75 Å². The molecule has 0 spiro atoms. The van der Waals surface area contributed by atoms with Gasteiger partial charge in [-0.25, -0.2) is 0 Å². The highest BCUT2D eigenvalue weighted by atomic mass is 35.5. The van der Waals surface area contributed by atoms with Gasteiger partial charge in [0.25, 0.3) is 0 Å². The molecule has 0 aliphatic rings. The number of ether oxygens (including phenoxy) is 1. The zero-order valence-corrected chi connectivity index (χ0v) is 12.9. The second kappa shape index (κ2) is 6.25. The van der Waals surface area contributed by atoms with Crippen LogP contribution in [0.1, 0.15) is 5.56 Å². The van der Waals surface area contributed by atoms with Crippen LogP contribution in [0.25, 0.3) is 0 Å². The minimum absolute atomic E-state index is 0.418. The molecule has 3 nitrogen and oxygen atoms in total. The maximum absolute atomic E-state index is 6.05. The fourth-order valence-corrected chi connectivity index (χ4v) is 2.47. The highest BCUT2D eigenvalue weighted by Crippen LogP contribution is 2.30. The summed E-state index contributed by atoms with van der Waals surface area (Å²) < 4.78 is 5.22. The topological polar surface area (TPSA) is 38.5 Å². The largest absolute Gasteiger partial charge is 0.497 e. The van der Waals surface area contributed by atoms with E-state index in [4.69, 9.17) is 33.7 Å². The van der Waals surface area contributed by atoms with E-state index in [0.717, 1.165) is 17.0 Å². The third-order valence-electron chi connectivity index (χ3n) is 3.05. The SMILES string of the molecule is COc1cccc(N(C)Cc2cc(Cl)c(N)c(Cl)c2)c1. The quantitative estimate of drug-likeness (QED) is 0.859. The maximum atomic E-state index is 6.05. The van der Waals surface area contributed by atoms with Crippen LogP contribution in [0.3, 0.4) is 0 Å². The molecule has 0 aromatic heterocycles. The van der Waals surface area contributed by atoms with Gasteiger partial charge in [-0.1, -0.05) is 29.3 Å². The van der Waals surface area contributed by atoms with E-state index >= 15 is 0 Å². The molecule has 0 saturated carbocycles. The van der Waals surface area contributed by atoms with Crippen molar-refractivity contribution in [3.05, 3.63) is 52.0 Å².